The molecule has 0 spiro atoms. The molecule has 0 aromatic rings. The van der Waals surface area contributed by atoms with Crippen LogP contribution >= 0.6 is 0 Å². The van der Waals surface area contributed by atoms with Gasteiger partial charge in [-0.15, -0.1) is 0 Å². The van der Waals surface area contributed by atoms with Gasteiger partial charge >= 0.3 is 11.8 Å². The van der Waals surface area contributed by atoms with E-state index in [1.807, 2.05) is 0 Å². The maximum Gasteiger partial charge on any atom is 0.400 e. The third-order valence-corrected chi connectivity index (χ3v) is 1.17. The molecule has 3 N–H and O–H groups in total. The molecule has 0 aromatic carbocycles. The fraction of sp³-hybridized carbons (Fsp3) is 0.500. The van der Waals surface area contributed by atoms with E-state index in [0.29, 0.717) is 0 Å². The third kappa shape index (κ3) is 2.77. The highest BCUT2D eigenvalue weighted by Gasteiger charge is 2.46. The predicted octanol–water partition coefficient (Wildman–Crippen LogP) is -0.840. The molecular formula is C6H8F2N2O3. The molecule has 0 aliphatic rings. The molecule has 5 nitrogen and oxygen atoms in total. The van der Waals surface area contributed by atoms with Gasteiger partial charge in [0.25, 0.3) is 5.91 Å². The molecule has 0 unspecified atom stereocenters. The molecule has 74 valence electrons. The van der Waals surface area contributed by atoms with Crippen LogP contribution in [0, 0.1) is 0 Å². The van der Waals surface area contributed by atoms with Crippen molar-refractivity contribution in [3.63, 3.8) is 0 Å². The molecule has 0 fully saturated rings. The topological polar surface area (TPSA) is 89.3 Å². The lowest BCUT2D eigenvalue weighted by Crippen LogP contribution is -2.50. The van der Waals surface area contributed by atoms with E-state index in [-0.39, 0.29) is 6.42 Å². The van der Waals surface area contributed by atoms with Gasteiger partial charge in [0.05, 0.1) is 0 Å². The highest BCUT2D eigenvalue weighted by Crippen LogP contribution is 2.11. The number of rotatable bonds is 3. The van der Waals surface area contributed by atoms with Crippen LogP contribution in [-0.4, -0.2) is 23.6 Å². The van der Waals surface area contributed by atoms with Crippen LogP contribution in [0.5, 0.6) is 0 Å². The highest BCUT2D eigenvalue weighted by atomic mass is 19.3. The number of hydrogen-bond acceptors (Lipinski definition) is 3. The largest absolute Gasteiger partial charge is 0.400 e. The number of nitrogens with two attached hydrogens (primary N) is 1. The molecule has 0 rings (SSSR count). The molecule has 0 saturated carbocycles. The standard InChI is InChI=1S/C6H8F2N2O3/c1-2-3(11)10-5(13)6(7,8)4(9)12/h2H2,1H3,(H2,9,12)(H,10,11,13). The minimum Gasteiger partial charge on any atom is -0.364 e. The van der Waals surface area contributed by atoms with E-state index in [1.165, 1.54) is 12.2 Å². The summed E-state index contributed by atoms with van der Waals surface area (Å²) >= 11 is 0. The van der Waals surface area contributed by atoms with Gasteiger partial charge in [-0.05, 0) is 0 Å². The maximum atomic E-state index is 12.4. The van der Waals surface area contributed by atoms with Crippen LogP contribution in [0.25, 0.3) is 0 Å². The second-order valence-corrected chi connectivity index (χ2v) is 2.17. The summed E-state index contributed by atoms with van der Waals surface area (Å²) in [6.45, 7) is 1.37. The van der Waals surface area contributed by atoms with Crippen molar-refractivity contribution < 1.29 is 23.2 Å². The Kier molecular flexibility index (Phi) is 3.46. The van der Waals surface area contributed by atoms with E-state index in [0.717, 1.165) is 0 Å². The molecule has 0 aromatic heterocycles. The number of halogens is 2. The quantitative estimate of drug-likeness (QED) is 0.574. The first-order valence-electron chi connectivity index (χ1n) is 3.34. The summed E-state index contributed by atoms with van der Waals surface area (Å²) in [5, 5.41) is 1.32. The summed E-state index contributed by atoms with van der Waals surface area (Å²) in [6, 6.07) is 0. The second-order valence-electron chi connectivity index (χ2n) is 2.17. The lowest BCUT2D eigenvalue weighted by Gasteiger charge is -2.10. The van der Waals surface area contributed by atoms with Crippen LogP contribution in [0.1, 0.15) is 13.3 Å². The van der Waals surface area contributed by atoms with Crippen LogP contribution in [-0.2, 0) is 14.4 Å². The minimum absolute atomic E-state index is 0.138. The van der Waals surface area contributed by atoms with Crippen molar-refractivity contribution in [2.24, 2.45) is 5.73 Å². The molecule has 0 radical (unpaired) electrons. The Morgan fingerprint density at radius 1 is 1.38 bits per heavy atom. The zero-order chi connectivity index (χ0) is 10.6. The Morgan fingerprint density at radius 3 is 2.15 bits per heavy atom. The van der Waals surface area contributed by atoms with E-state index >= 15 is 0 Å². The van der Waals surface area contributed by atoms with E-state index in [1.54, 1.807) is 0 Å². The second kappa shape index (κ2) is 3.92. The van der Waals surface area contributed by atoms with Crippen molar-refractivity contribution in [2.45, 2.75) is 19.3 Å². The van der Waals surface area contributed by atoms with Crippen LogP contribution < -0.4 is 11.1 Å². The van der Waals surface area contributed by atoms with Gasteiger partial charge in [-0.1, -0.05) is 6.92 Å². The van der Waals surface area contributed by atoms with Gasteiger partial charge in [0.2, 0.25) is 5.91 Å². The molecule has 0 aliphatic carbocycles. The Labute approximate surface area is 72.3 Å². The summed E-state index contributed by atoms with van der Waals surface area (Å²) in [6.07, 6.45) is -0.138. The third-order valence-electron chi connectivity index (χ3n) is 1.17. The van der Waals surface area contributed by atoms with Crippen molar-refractivity contribution in [2.75, 3.05) is 0 Å². The molecule has 0 aliphatic heterocycles. The number of carbonyl (C=O) groups excluding carboxylic acids is 3. The minimum atomic E-state index is -4.34. The average molecular weight is 194 g/mol. The molecule has 0 heterocycles. The SMILES string of the molecule is CCC(=O)NC(=O)C(F)(F)C(N)=O. The van der Waals surface area contributed by atoms with Crippen molar-refractivity contribution in [3.8, 4) is 0 Å². The van der Waals surface area contributed by atoms with Gasteiger partial charge in [-0.25, -0.2) is 0 Å². The summed E-state index contributed by atoms with van der Waals surface area (Å²) in [7, 11) is 0. The molecule has 3 amide bonds. The van der Waals surface area contributed by atoms with Crippen molar-refractivity contribution in [1.82, 2.24) is 5.32 Å². The van der Waals surface area contributed by atoms with Crippen LogP contribution in [0.4, 0.5) is 8.78 Å². The number of imide groups is 1. The summed E-state index contributed by atoms with van der Waals surface area (Å²) < 4.78 is 24.8. The first-order chi connectivity index (χ1) is 5.82. The fourth-order valence-corrected chi connectivity index (χ4v) is 0.405. The van der Waals surface area contributed by atoms with Crippen molar-refractivity contribution in [1.29, 1.82) is 0 Å². The predicted molar refractivity (Wildman–Crippen MR) is 37.6 cm³/mol. The number of hydrogen-bond donors (Lipinski definition) is 2. The number of carbonyl (C=O) groups is 3. The highest BCUT2D eigenvalue weighted by molar-refractivity contribution is 6.10. The van der Waals surface area contributed by atoms with Gasteiger partial charge in [-0.2, -0.15) is 8.78 Å². The number of primary amides is 1. The zero-order valence-corrected chi connectivity index (χ0v) is 6.77. The van der Waals surface area contributed by atoms with Gasteiger partial charge in [0.15, 0.2) is 0 Å². The molecule has 7 heteroatoms. The van der Waals surface area contributed by atoms with Crippen LogP contribution in [0.2, 0.25) is 0 Å². The van der Waals surface area contributed by atoms with Crippen LogP contribution in [0.3, 0.4) is 0 Å². The Bertz CT molecular complexity index is 252. The van der Waals surface area contributed by atoms with Gasteiger partial charge in [0, 0.05) is 6.42 Å². The summed E-state index contributed by atoms with van der Waals surface area (Å²) in [5.74, 6) is -9.32. The Morgan fingerprint density at radius 2 is 1.85 bits per heavy atom. The Balaban J connectivity index is 4.43. The number of nitrogens with one attached hydrogen (secondary N) is 1. The van der Waals surface area contributed by atoms with Crippen LogP contribution in [0.15, 0.2) is 0 Å². The lowest BCUT2D eigenvalue weighted by atomic mass is 10.3. The lowest BCUT2D eigenvalue weighted by molar-refractivity contribution is -0.158. The van der Waals surface area contributed by atoms with Gasteiger partial charge in [-0.3, -0.25) is 19.7 Å². The first kappa shape index (κ1) is 11.5. The summed E-state index contributed by atoms with van der Waals surface area (Å²) in [5.41, 5.74) is 4.23. The molecular weight excluding hydrogens is 186 g/mol. The van der Waals surface area contributed by atoms with Gasteiger partial charge < -0.3 is 5.73 Å². The van der Waals surface area contributed by atoms with Crippen molar-refractivity contribution >= 4 is 17.7 Å². The van der Waals surface area contributed by atoms with E-state index in [2.05, 4.69) is 5.73 Å². The summed E-state index contributed by atoms with van der Waals surface area (Å²) in [4.78, 5) is 31.0. The maximum absolute atomic E-state index is 12.4. The normalized spacial score (nSPS) is 10.7. The first-order valence-corrected chi connectivity index (χ1v) is 3.34. The Hall–Kier alpha value is -1.53. The molecule has 0 atom stereocenters. The number of amides is 3. The smallest absolute Gasteiger partial charge is 0.364 e. The van der Waals surface area contributed by atoms with Crippen molar-refractivity contribution in [3.05, 3.63) is 0 Å². The molecule has 13 heavy (non-hydrogen) atoms. The van der Waals surface area contributed by atoms with Gasteiger partial charge in [0.1, 0.15) is 0 Å². The van der Waals surface area contributed by atoms with E-state index in [9.17, 15) is 23.2 Å². The van der Waals surface area contributed by atoms with E-state index in [4.69, 9.17) is 0 Å². The molecule has 0 bridgehead atoms. The number of alkyl halides is 2. The van der Waals surface area contributed by atoms with E-state index < -0.39 is 23.6 Å². The fourth-order valence-electron chi connectivity index (χ4n) is 0.405. The monoisotopic (exact) mass is 194 g/mol. The zero-order valence-electron chi connectivity index (χ0n) is 6.77. The average Bonchev–Trinajstić information content (AvgIpc) is 2.03. The molecule has 0 saturated heterocycles.